The molecule has 0 bridgehead atoms. The Morgan fingerprint density at radius 3 is 2.60 bits per heavy atom. The topological polar surface area (TPSA) is 32.3 Å². The smallest absolute Gasteiger partial charge is 0.0687 e. The van der Waals surface area contributed by atoms with Crippen LogP contribution in [0, 0.1) is 5.92 Å². The van der Waals surface area contributed by atoms with E-state index >= 15 is 0 Å². The minimum atomic E-state index is -0.271. The lowest BCUT2D eigenvalue weighted by atomic mass is 10.1. The van der Waals surface area contributed by atoms with Gasteiger partial charge in [0.25, 0.3) is 0 Å². The van der Waals surface area contributed by atoms with Gasteiger partial charge >= 0.3 is 0 Å². The molecule has 0 spiro atoms. The van der Waals surface area contributed by atoms with Crippen LogP contribution in [0.2, 0.25) is 0 Å². The third kappa shape index (κ3) is 4.33. The van der Waals surface area contributed by atoms with Crippen molar-refractivity contribution in [2.24, 2.45) is 5.92 Å². The fraction of sp³-hybridized carbons (Fsp3) is 0.500. The van der Waals surface area contributed by atoms with Gasteiger partial charge in [0.1, 0.15) is 0 Å². The number of benzene rings is 1. The molecule has 0 aliphatic carbocycles. The van der Waals surface area contributed by atoms with Gasteiger partial charge in [-0.25, -0.2) is 0 Å². The summed E-state index contributed by atoms with van der Waals surface area (Å²) in [7, 11) is 0. The van der Waals surface area contributed by atoms with Gasteiger partial charge in [-0.3, -0.25) is 0 Å². The highest BCUT2D eigenvalue weighted by molar-refractivity contribution is 9.10. The summed E-state index contributed by atoms with van der Waals surface area (Å²) < 4.78 is 1.11. The van der Waals surface area contributed by atoms with E-state index < -0.39 is 0 Å². The molecule has 2 N–H and O–H groups in total. The van der Waals surface area contributed by atoms with Crippen molar-refractivity contribution in [2.75, 3.05) is 6.54 Å². The Bertz CT molecular complexity index is 301. The highest BCUT2D eigenvalue weighted by atomic mass is 79.9. The van der Waals surface area contributed by atoms with E-state index in [1.54, 1.807) is 0 Å². The predicted molar refractivity (Wildman–Crippen MR) is 66.7 cm³/mol. The second-order valence-corrected chi connectivity index (χ2v) is 4.89. The van der Waals surface area contributed by atoms with Crippen LogP contribution < -0.4 is 5.32 Å². The van der Waals surface area contributed by atoms with Crippen LogP contribution in [-0.2, 0) is 6.54 Å². The Balaban J connectivity index is 2.35. The van der Waals surface area contributed by atoms with Gasteiger partial charge < -0.3 is 10.4 Å². The molecule has 3 heteroatoms. The lowest BCUT2D eigenvalue weighted by molar-refractivity contribution is 0.123. The molecule has 1 unspecified atom stereocenters. The van der Waals surface area contributed by atoms with Crippen LogP contribution in [-0.4, -0.2) is 17.8 Å². The molecule has 1 aromatic rings. The van der Waals surface area contributed by atoms with Crippen molar-refractivity contribution in [3.63, 3.8) is 0 Å². The summed E-state index contributed by atoms with van der Waals surface area (Å²) in [5.74, 6) is 0.303. The Morgan fingerprint density at radius 1 is 1.33 bits per heavy atom. The third-order valence-corrected chi connectivity index (χ3v) is 3.17. The molecule has 0 saturated carbocycles. The predicted octanol–water partition coefficient (Wildman–Crippen LogP) is 2.56. The van der Waals surface area contributed by atoms with Crippen molar-refractivity contribution in [1.82, 2.24) is 5.32 Å². The van der Waals surface area contributed by atoms with Crippen LogP contribution in [0.25, 0.3) is 0 Å². The quantitative estimate of drug-likeness (QED) is 0.863. The number of aliphatic hydroxyl groups excluding tert-OH is 1. The second kappa shape index (κ2) is 6.26. The van der Waals surface area contributed by atoms with E-state index in [1.807, 2.05) is 32.0 Å². The molecule has 0 heterocycles. The summed E-state index contributed by atoms with van der Waals surface area (Å²) >= 11 is 3.49. The number of nitrogens with one attached hydrogen (secondary N) is 1. The van der Waals surface area contributed by atoms with Crippen LogP contribution in [0.15, 0.2) is 28.7 Å². The maximum absolute atomic E-state index is 9.60. The molecule has 0 radical (unpaired) electrons. The zero-order valence-electron chi connectivity index (χ0n) is 9.20. The van der Waals surface area contributed by atoms with Gasteiger partial charge in [0.2, 0.25) is 0 Å². The summed E-state index contributed by atoms with van der Waals surface area (Å²) in [6.45, 7) is 5.46. The average Bonchev–Trinajstić information content (AvgIpc) is 2.20. The first-order valence-electron chi connectivity index (χ1n) is 5.23. The third-order valence-electron chi connectivity index (χ3n) is 2.40. The molecule has 0 aromatic heterocycles. The number of hydrogen-bond acceptors (Lipinski definition) is 2. The van der Waals surface area contributed by atoms with E-state index in [1.165, 1.54) is 5.56 Å². The molecule has 0 saturated heterocycles. The minimum Gasteiger partial charge on any atom is -0.392 e. The Morgan fingerprint density at radius 2 is 2.00 bits per heavy atom. The lowest BCUT2D eigenvalue weighted by Gasteiger charge is -2.15. The molecule has 0 aliphatic rings. The van der Waals surface area contributed by atoms with Gasteiger partial charge in [-0.2, -0.15) is 0 Å². The summed E-state index contributed by atoms with van der Waals surface area (Å²) in [5.41, 5.74) is 1.22. The monoisotopic (exact) mass is 271 g/mol. The van der Waals surface area contributed by atoms with Crippen LogP contribution in [0.1, 0.15) is 19.4 Å². The second-order valence-electron chi connectivity index (χ2n) is 4.03. The zero-order valence-corrected chi connectivity index (χ0v) is 10.8. The van der Waals surface area contributed by atoms with Gasteiger partial charge in [0.05, 0.1) is 6.10 Å². The van der Waals surface area contributed by atoms with Crippen LogP contribution in [0.5, 0.6) is 0 Å². The standard InChI is InChI=1S/C12H18BrNO/c1-9(2)12(15)8-14-7-10-5-3-4-6-11(10)13/h3-6,9,12,14-15H,7-8H2,1-2H3. The fourth-order valence-corrected chi connectivity index (χ4v) is 1.66. The fourth-order valence-electron chi connectivity index (χ4n) is 1.23. The summed E-state index contributed by atoms with van der Waals surface area (Å²) in [6, 6.07) is 8.10. The lowest BCUT2D eigenvalue weighted by Crippen LogP contribution is -2.30. The molecule has 1 rings (SSSR count). The van der Waals surface area contributed by atoms with E-state index in [4.69, 9.17) is 0 Å². The van der Waals surface area contributed by atoms with Crippen LogP contribution in [0.3, 0.4) is 0 Å². The van der Waals surface area contributed by atoms with Crippen molar-refractivity contribution >= 4 is 15.9 Å². The average molecular weight is 272 g/mol. The largest absolute Gasteiger partial charge is 0.392 e. The molecule has 15 heavy (non-hydrogen) atoms. The summed E-state index contributed by atoms with van der Waals surface area (Å²) in [5, 5.41) is 12.8. The maximum atomic E-state index is 9.60. The summed E-state index contributed by atoms with van der Waals surface area (Å²) in [6.07, 6.45) is -0.271. The van der Waals surface area contributed by atoms with Crippen molar-refractivity contribution in [3.05, 3.63) is 34.3 Å². The molecule has 0 fully saturated rings. The Labute approximate surface area is 99.8 Å². The SMILES string of the molecule is CC(C)C(O)CNCc1ccccc1Br. The Kier molecular flexibility index (Phi) is 5.29. The van der Waals surface area contributed by atoms with Crippen LogP contribution in [0.4, 0.5) is 0 Å². The van der Waals surface area contributed by atoms with Crippen molar-refractivity contribution in [2.45, 2.75) is 26.5 Å². The Hall–Kier alpha value is -0.380. The highest BCUT2D eigenvalue weighted by Crippen LogP contribution is 2.15. The van der Waals surface area contributed by atoms with E-state index in [2.05, 4.69) is 27.3 Å². The van der Waals surface area contributed by atoms with Gasteiger partial charge in [0, 0.05) is 17.6 Å². The number of rotatable bonds is 5. The van der Waals surface area contributed by atoms with Crippen molar-refractivity contribution in [1.29, 1.82) is 0 Å². The minimum absolute atomic E-state index is 0.271. The van der Waals surface area contributed by atoms with E-state index in [9.17, 15) is 5.11 Å². The van der Waals surface area contributed by atoms with E-state index in [-0.39, 0.29) is 6.10 Å². The number of halogens is 1. The first-order chi connectivity index (χ1) is 7.11. The van der Waals surface area contributed by atoms with Gasteiger partial charge in [0.15, 0.2) is 0 Å². The van der Waals surface area contributed by atoms with Crippen molar-refractivity contribution < 1.29 is 5.11 Å². The molecule has 2 nitrogen and oxygen atoms in total. The number of hydrogen-bond donors (Lipinski definition) is 2. The first-order valence-corrected chi connectivity index (χ1v) is 6.02. The maximum Gasteiger partial charge on any atom is 0.0687 e. The van der Waals surface area contributed by atoms with Gasteiger partial charge in [-0.1, -0.05) is 48.0 Å². The molecular formula is C12H18BrNO. The molecule has 1 aromatic carbocycles. The van der Waals surface area contributed by atoms with Gasteiger partial charge in [-0.15, -0.1) is 0 Å². The number of aliphatic hydroxyl groups is 1. The van der Waals surface area contributed by atoms with E-state index in [0.717, 1.165) is 11.0 Å². The molecule has 84 valence electrons. The molecule has 1 atom stereocenters. The van der Waals surface area contributed by atoms with E-state index in [0.29, 0.717) is 12.5 Å². The molecular weight excluding hydrogens is 254 g/mol. The van der Waals surface area contributed by atoms with Crippen LogP contribution >= 0.6 is 15.9 Å². The summed E-state index contributed by atoms with van der Waals surface area (Å²) in [4.78, 5) is 0. The highest BCUT2D eigenvalue weighted by Gasteiger charge is 2.08. The normalized spacial score (nSPS) is 13.1. The zero-order chi connectivity index (χ0) is 11.3. The van der Waals surface area contributed by atoms with Crippen molar-refractivity contribution in [3.8, 4) is 0 Å². The first kappa shape index (κ1) is 12.7. The molecule has 0 aliphatic heterocycles. The molecule has 0 amide bonds. The van der Waals surface area contributed by atoms with Gasteiger partial charge in [-0.05, 0) is 17.5 Å².